The molecular formula is C8H12N2O3S. The van der Waals surface area contributed by atoms with Gasteiger partial charge in [-0.1, -0.05) is 6.07 Å². The largest absolute Gasteiger partial charge is 0.366 e. The molecule has 0 fully saturated rings. The average Bonchev–Trinajstić information content (AvgIpc) is 2.01. The minimum atomic E-state index is -2.82. The van der Waals surface area contributed by atoms with E-state index in [4.69, 9.17) is 14.8 Å². The zero-order chi connectivity index (χ0) is 10.8. The molecule has 0 atom stereocenters. The summed E-state index contributed by atoms with van der Waals surface area (Å²) in [6.45, 7) is 0. The lowest BCUT2D eigenvalue weighted by Gasteiger charge is -2.28. The minimum absolute atomic E-state index is 0.318. The molecule has 78 valence electrons. The Kier molecular flexibility index (Phi) is 3.00. The summed E-state index contributed by atoms with van der Waals surface area (Å²) in [7, 11) is -2.82. The Labute approximate surface area is 83.4 Å². The van der Waals surface area contributed by atoms with Crippen LogP contribution in [0.15, 0.2) is 24.3 Å². The number of hydrogen-bond donors (Lipinski definition) is 4. The molecule has 0 aliphatic carbocycles. The van der Waals surface area contributed by atoms with Crippen molar-refractivity contribution in [3.63, 3.8) is 0 Å². The van der Waals surface area contributed by atoms with Crippen LogP contribution < -0.4 is 10.5 Å². The topological polar surface area (TPSA) is 95.6 Å². The summed E-state index contributed by atoms with van der Waals surface area (Å²) in [6.07, 6.45) is 1.25. The smallest absolute Gasteiger partial charge is 0.248 e. The lowest BCUT2D eigenvalue weighted by Crippen LogP contribution is -2.12. The lowest BCUT2D eigenvalue weighted by molar-refractivity contribution is 0.100. The number of nitrogens with two attached hydrogens (primary N) is 1. The van der Waals surface area contributed by atoms with Gasteiger partial charge in [-0.05, 0) is 18.2 Å². The van der Waals surface area contributed by atoms with Gasteiger partial charge in [-0.15, -0.1) is 10.8 Å². The van der Waals surface area contributed by atoms with Gasteiger partial charge in [-0.2, -0.15) is 0 Å². The molecule has 0 aliphatic rings. The Bertz CT molecular complexity index is 349. The number of benzene rings is 1. The third kappa shape index (κ3) is 3.25. The van der Waals surface area contributed by atoms with Crippen LogP contribution in [-0.4, -0.2) is 21.3 Å². The van der Waals surface area contributed by atoms with Crippen LogP contribution in [0, 0.1) is 0 Å². The Morgan fingerprint density at radius 3 is 2.64 bits per heavy atom. The normalized spacial score (nSPS) is 12.2. The lowest BCUT2D eigenvalue weighted by atomic mass is 10.2. The van der Waals surface area contributed by atoms with Crippen LogP contribution in [0.2, 0.25) is 0 Å². The number of amides is 1. The summed E-state index contributed by atoms with van der Waals surface area (Å²) in [6, 6.07) is 6.23. The first-order valence-electron chi connectivity index (χ1n) is 3.79. The fourth-order valence-corrected chi connectivity index (χ4v) is 1.53. The third-order valence-corrected chi connectivity index (χ3v) is 2.08. The van der Waals surface area contributed by atoms with Gasteiger partial charge in [0.05, 0.1) is 5.69 Å². The molecule has 0 saturated carbocycles. The summed E-state index contributed by atoms with van der Waals surface area (Å²) in [4.78, 5) is 10.8. The van der Waals surface area contributed by atoms with Crippen molar-refractivity contribution in [1.29, 1.82) is 0 Å². The van der Waals surface area contributed by atoms with E-state index in [1.165, 1.54) is 12.3 Å². The van der Waals surface area contributed by atoms with Crippen molar-refractivity contribution in [1.82, 2.24) is 0 Å². The van der Waals surface area contributed by atoms with Crippen LogP contribution in [0.1, 0.15) is 10.4 Å². The molecule has 0 unspecified atom stereocenters. The maximum absolute atomic E-state index is 10.8. The standard InChI is InChI=1S/C8H12N2O3S/c1-14(12,13)10-7-4-2-3-6(5-7)8(9)11/h2-5,10,12-13H,1H3,(H2,9,11). The van der Waals surface area contributed by atoms with Gasteiger partial charge in [0.2, 0.25) is 5.91 Å². The third-order valence-electron chi connectivity index (χ3n) is 1.46. The van der Waals surface area contributed by atoms with E-state index in [1.807, 2.05) is 0 Å². The number of nitrogens with one attached hydrogen (secondary N) is 1. The first-order chi connectivity index (χ1) is 6.38. The molecule has 0 aromatic heterocycles. The highest BCUT2D eigenvalue weighted by Gasteiger charge is 2.05. The zero-order valence-corrected chi connectivity index (χ0v) is 8.41. The predicted molar refractivity (Wildman–Crippen MR) is 57.4 cm³/mol. The highest BCUT2D eigenvalue weighted by atomic mass is 32.3. The molecule has 0 radical (unpaired) electrons. The van der Waals surface area contributed by atoms with E-state index in [2.05, 4.69) is 4.72 Å². The van der Waals surface area contributed by atoms with Crippen LogP contribution in [0.5, 0.6) is 0 Å². The molecule has 0 heterocycles. The quantitative estimate of drug-likeness (QED) is 0.615. The van der Waals surface area contributed by atoms with E-state index in [-0.39, 0.29) is 0 Å². The van der Waals surface area contributed by atoms with Crippen LogP contribution in [0.25, 0.3) is 0 Å². The van der Waals surface area contributed by atoms with Crippen LogP contribution in [-0.2, 0) is 0 Å². The number of rotatable bonds is 3. The van der Waals surface area contributed by atoms with Crippen molar-refractivity contribution < 1.29 is 13.9 Å². The predicted octanol–water partition coefficient (Wildman–Crippen LogP) is 1.49. The van der Waals surface area contributed by atoms with E-state index in [0.717, 1.165) is 0 Å². The molecule has 14 heavy (non-hydrogen) atoms. The average molecular weight is 216 g/mol. The van der Waals surface area contributed by atoms with Gasteiger partial charge < -0.3 is 5.73 Å². The Morgan fingerprint density at radius 1 is 1.50 bits per heavy atom. The second kappa shape index (κ2) is 3.87. The molecule has 0 bridgehead atoms. The van der Waals surface area contributed by atoms with E-state index < -0.39 is 16.7 Å². The fraction of sp³-hybridized carbons (Fsp3) is 0.125. The van der Waals surface area contributed by atoms with Gasteiger partial charge >= 0.3 is 0 Å². The monoisotopic (exact) mass is 216 g/mol. The van der Waals surface area contributed by atoms with Gasteiger partial charge in [0.15, 0.2) is 0 Å². The van der Waals surface area contributed by atoms with Crippen LogP contribution in [0.3, 0.4) is 0 Å². The highest BCUT2D eigenvalue weighted by molar-refractivity contribution is 8.24. The number of carbonyl (C=O) groups is 1. The number of carbonyl (C=O) groups excluding carboxylic acids is 1. The van der Waals surface area contributed by atoms with E-state index in [9.17, 15) is 4.79 Å². The molecule has 1 amide bonds. The summed E-state index contributed by atoms with van der Waals surface area (Å²) < 4.78 is 20.7. The molecule has 1 aromatic rings. The number of hydrogen-bond acceptors (Lipinski definition) is 4. The molecule has 1 aromatic carbocycles. The van der Waals surface area contributed by atoms with Gasteiger partial charge in [0, 0.05) is 11.8 Å². The van der Waals surface area contributed by atoms with Gasteiger partial charge in [-0.25, -0.2) is 0 Å². The fourth-order valence-electron chi connectivity index (χ4n) is 0.959. The van der Waals surface area contributed by atoms with Crippen molar-refractivity contribution in [2.45, 2.75) is 0 Å². The summed E-state index contributed by atoms with van der Waals surface area (Å²) in [5, 5.41) is 0. The minimum Gasteiger partial charge on any atom is -0.366 e. The van der Waals surface area contributed by atoms with Gasteiger partial charge in [0.25, 0.3) is 0 Å². The van der Waals surface area contributed by atoms with Gasteiger partial charge in [-0.3, -0.25) is 18.6 Å². The zero-order valence-electron chi connectivity index (χ0n) is 7.60. The molecule has 5 N–H and O–H groups in total. The molecule has 6 heteroatoms. The first kappa shape index (κ1) is 10.8. The van der Waals surface area contributed by atoms with E-state index in [1.54, 1.807) is 18.2 Å². The maximum atomic E-state index is 10.8. The van der Waals surface area contributed by atoms with Crippen molar-refractivity contribution in [2.75, 3.05) is 11.0 Å². The summed E-state index contributed by atoms with van der Waals surface area (Å²) >= 11 is 0. The Balaban J connectivity index is 2.89. The van der Waals surface area contributed by atoms with Crippen molar-refractivity contribution in [3.05, 3.63) is 29.8 Å². The Morgan fingerprint density at radius 2 is 2.14 bits per heavy atom. The number of primary amides is 1. The van der Waals surface area contributed by atoms with E-state index >= 15 is 0 Å². The second-order valence-electron chi connectivity index (χ2n) is 2.88. The summed E-state index contributed by atoms with van der Waals surface area (Å²) in [5.74, 6) is -0.554. The van der Waals surface area contributed by atoms with E-state index in [0.29, 0.717) is 11.3 Å². The maximum Gasteiger partial charge on any atom is 0.248 e. The molecule has 0 aliphatic heterocycles. The first-order valence-corrected chi connectivity index (χ1v) is 5.75. The van der Waals surface area contributed by atoms with Crippen molar-refractivity contribution >= 4 is 22.4 Å². The van der Waals surface area contributed by atoms with Crippen molar-refractivity contribution in [3.8, 4) is 0 Å². The number of anilines is 1. The molecular weight excluding hydrogens is 204 g/mol. The second-order valence-corrected chi connectivity index (χ2v) is 4.75. The summed E-state index contributed by atoms with van der Waals surface area (Å²) in [5.41, 5.74) is 5.83. The molecule has 1 rings (SSSR count). The molecule has 0 spiro atoms. The molecule has 0 saturated heterocycles. The highest BCUT2D eigenvalue weighted by Crippen LogP contribution is 2.34. The Hall–Kier alpha value is -1.24. The van der Waals surface area contributed by atoms with Crippen LogP contribution >= 0.6 is 10.8 Å². The van der Waals surface area contributed by atoms with Crippen molar-refractivity contribution in [2.24, 2.45) is 5.73 Å². The molecule has 5 nitrogen and oxygen atoms in total. The SMILES string of the molecule is CS(O)(O)Nc1cccc(C(N)=O)c1. The van der Waals surface area contributed by atoms with Gasteiger partial charge in [0.1, 0.15) is 0 Å². The van der Waals surface area contributed by atoms with Crippen LogP contribution in [0.4, 0.5) is 5.69 Å².